The molecule has 1 aliphatic heterocycles. The highest BCUT2D eigenvalue weighted by Crippen LogP contribution is 2.33. The highest BCUT2D eigenvalue weighted by Gasteiger charge is 2.20. The van der Waals surface area contributed by atoms with E-state index < -0.39 is 0 Å². The van der Waals surface area contributed by atoms with Crippen molar-refractivity contribution in [3.63, 3.8) is 0 Å². The Morgan fingerprint density at radius 2 is 1.88 bits per heavy atom. The molecule has 3 heteroatoms. The third kappa shape index (κ3) is 2.14. The Morgan fingerprint density at radius 3 is 2.47 bits per heavy atom. The van der Waals surface area contributed by atoms with Gasteiger partial charge in [0.1, 0.15) is 0 Å². The summed E-state index contributed by atoms with van der Waals surface area (Å²) >= 11 is 0. The molecular weight excluding hydrogens is 214 g/mol. The second-order valence-electron chi connectivity index (χ2n) is 4.35. The van der Waals surface area contributed by atoms with Gasteiger partial charge in [-0.2, -0.15) is 0 Å². The van der Waals surface area contributed by atoms with Gasteiger partial charge in [-0.05, 0) is 37.5 Å². The van der Waals surface area contributed by atoms with Gasteiger partial charge in [-0.1, -0.05) is 6.92 Å². The molecule has 0 fully saturated rings. The lowest BCUT2D eigenvalue weighted by Crippen LogP contribution is -2.18. The van der Waals surface area contributed by atoms with E-state index >= 15 is 0 Å². The molecule has 0 saturated heterocycles. The average molecular weight is 233 g/mol. The van der Waals surface area contributed by atoms with Gasteiger partial charge >= 0.3 is 0 Å². The van der Waals surface area contributed by atoms with Crippen molar-refractivity contribution in [3.05, 3.63) is 23.3 Å². The Hall–Kier alpha value is -1.51. The number of rotatable bonds is 3. The fourth-order valence-corrected chi connectivity index (χ4v) is 2.34. The zero-order valence-corrected chi connectivity index (χ0v) is 10.9. The maximum atomic E-state index is 5.34. The van der Waals surface area contributed by atoms with Crippen molar-refractivity contribution in [2.75, 3.05) is 14.2 Å². The molecule has 17 heavy (non-hydrogen) atoms. The van der Waals surface area contributed by atoms with Crippen LogP contribution in [0.25, 0.3) is 0 Å². The van der Waals surface area contributed by atoms with Crippen LogP contribution in [0.3, 0.4) is 0 Å². The summed E-state index contributed by atoms with van der Waals surface area (Å²) in [6.45, 7) is 4.28. The fraction of sp³-hybridized carbons (Fsp3) is 0.500. The monoisotopic (exact) mass is 233 g/mol. The molecule has 1 heterocycles. The molecule has 0 aromatic heterocycles. The molecule has 1 unspecified atom stereocenters. The number of hydrogen-bond acceptors (Lipinski definition) is 3. The first kappa shape index (κ1) is 12.0. The molecule has 0 bridgehead atoms. The molecule has 0 radical (unpaired) electrons. The van der Waals surface area contributed by atoms with Crippen molar-refractivity contribution in [2.45, 2.75) is 32.7 Å². The Morgan fingerprint density at radius 1 is 1.24 bits per heavy atom. The largest absolute Gasteiger partial charge is 0.493 e. The minimum atomic E-state index is 0.357. The topological polar surface area (TPSA) is 30.8 Å². The summed E-state index contributed by atoms with van der Waals surface area (Å²) in [6.07, 6.45) is 1.92. The first-order valence-electron chi connectivity index (χ1n) is 6.01. The fourth-order valence-electron chi connectivity index (χ4n) is 2.34. The maximum absolute atomic E-state index is 5.34. The number of fused-ring (bicyclic) bond motifs is 1. The lowest BCUT2D eigenvalue weighted by molar-refractivity contribution is 0.354. The highest BCUT2D eigenvalue weighted by atomic mass is 16.5. The number of hydrogen-bond donors (Lipinski definition) is 0. The number of ether oxygens (including phenoxy) is 2. The van der Waals surface area contributed by atoms with E-state index in [0.717, 1.165) is 24.3 Å². The molecule has 92 valence electrons. The lowest BCUT2D eigenvalue weighted by atomic mass is 9.92. The molecular formula is C14H19NO2. The smallest absolute Gasteiger partial charge is 0.161 e. The number of methoxy groups -OCH3 is 2. The van der Waals surface area contributed by atoms with Crippen LogP contribution in [0.15, 0.2) is 17.1 Å². The van der Waals surface area contributed by atoms with Gasteiger partial charge < -0.3 is 9.47 Å². The third-order valence-electron chi connectivity index (χ3n) is 3.15. The van der Waals surface area contributed by atoms with Gasteiger partial charge in [-0.25, -0.2) is 0 Å². The van der Waals surface area contributed by atoms with E-state index in [1.165, 1.54) is 16.8 Å². The molecule has 2 rings (SSSR count). The molecule has 3 nitrogen and oxygen atoms in total. The Bertz CT molecular complexity index is 452. The summed E-state index contributed by atoms with van der Waals surface area (Å²) in [5.41, 5.74) is 3.69. The van der Waals surface area contributed by atoms with Crippen molar-refractivity contribution >= 4 is 5.71 Å². The van der Waals surface area contributed by atoms with Crippen LogP contribution in [0.2, 0.25) is 0 Å². The van der Waals surface area contributed by atoms with Crippen LogP contribution in [0.1, 0.15) is 31.4 Å². The van der Waals surface area contributed by atoms with Crippen LogP contribution in [-0.4, -0.2) is 26.0 Å². The first-order valence-corrected chi connectivity index (χ1v) is 6.01. The van der Waals surface area contributed by atoms with Gasteiger partial charge in [0, 0.05) is 11.3 Å². The van der Waals surface area contributed by atoms with E-state index in [4.69, 9.17) is 14.5 Å². The predicted molar refractivity (Wildman–Crippen MR) is 69.5 cm³/mol. The lowest BCUT2D eigenvalue weighted by Gasteiger charge is -2.22. The van der Waals surface area contributed by atoms with Crippen LogP contribution in [-0.2, 0) is 6.42 Å². The van der Waals surface area contributed by atoms with Gasteiger partial charge in [0.05, 0.1) is 20.3 Å². The number of aliphatic imine (C=N–C) groups is 1. The Balaban J connectivity index is 2.54. The molecule has 1 atom stereocenters. The van der Waals surface area contributed by atoms with E-state index in [-0.39, 0.29) is 0 Å². The summed E-state index contributed by atoms with van der Waals surface area (Å²) in [6, 6.07) is 4.48. The van der Waals surface area contributed by atoms with Crippen molar-refractivity contribution in [3.8, 4) is 11.5 Å². The molecule has 1 aromatic rings. The van der Waals surface area contributed by atoms with Gasteiger partial charge in [0.2, 0.25) is 0 Å². The van der Waals surface area contributed by atoms with Crippen LogP contribution < -0.4 is 9.47 Å². The normalized spacial score (nSPS) is 18.4. The summed E-state index contributed by atoms with van der Waals surface area (Å²) in [5, 5.41) is 0. The van der Waals surface area contributed by atoms with E-state index in [0.29, 0.717) is 6.04 Å². The molecule has 0 amide bonds. The van der Waals surface area contributed by atoms with Crippen LogP contribution >= 0.6 is 0 Å². The van der Waals surface area contributed by atoms with Crippen LogP contribution in [0, 0.1) is 0 Å². The standard InChI is InChI=1S/C14H19NO2/c1-5-12-11-8-14(17-4)13(16-3)7-10(11)6-9(2)15-12/h7-9H,5-6H2,1-4H3. The molecule has 0 spiro atoms. The number of nitrogens with zero attached hydrogens (tertiary/aromatic N) is 1. The second-order valence-corrected chi connectivity index (χ2v) is 4.35. The van der Waals surface area contributed by atoms with Gasteiger partial charge in [0.15, 0.2) is 11.5 Å². The molecule has 0 saturated carbocycles. The molecule has 0 N–H and O–H groups in total. The van der Waals surface area contributed by atoms with Crippen molar-refractivity contribution in [2.24, 2.45) is 4.99 Å². The number of benzene rings is 1. The van der Waals surface area contributed by atoms with Crippen LogP contribution in [0.5, 0.6) is 11.5 Å². The zero-order chi connectivity index (χ0) is 12.4. The summed E-state index contributed by atoms with van der Waals surface area (Å²) in [4.78, 5) is 4.69. The Kier molecular flexibility index (Phi) is 3.36. The second kappa shape index (κ2) is 4.78. The molecule has 0 aliphatic carbocycles. The average Bonchev–Trinajstić information content (AvgIpc) is 2.35. The third-order valence-corrected chi connectivity index (χ3v) is 3.15. The van der Waals surface area contributed by atoms with E-state index in [2.05, 4.69) is 19.9 Å². The van der Waals surface area contributed by atoms with E-state index in [9.17, 15) is 0 Å². The van der Waals surface area contributed by atoms with Crippen molar-refractivity contribution in [1.82, 2.24) is 0 Å². The summed E-state index contributed by atoms with van der Waals surface area (Å²) < 4.78 is 10.7. The quantitative estimate of drug-likeness (QED) is 0.803. The van der Waals surface area contributed by atoms with Gasteiger partial charge in [-0.3, -0.25) is 4.99 Å². The minimum Gasteiger partial charge on any atom is -0.493 e. The van der Waals surface area contributed by atoms with Gasteiger partial charge in [0.25, 0.3) is 0 Å². The summed E-state index contributed by atoms with van der Waals surface area (Å²) in [7, 11) is 3.34. The zero-order valence-electron chi connectivity index (χ0n) is 10.9. The van der Waals surface area contributed by atoms with Crippen molar-refractivity contribution in [1.29, 1.82) is 0 Å². The van der Waals surface area contributed by atoms with E-state index in [1.54, 1.807) is 14.2 Å². The maximum Gasteiger partial charge on any atom is 0.161 e. The SMILES string of the molecule is CCC1=NC(C)Cc2cc(OC)c(OC)cc21. The molecule has 1 aliphatic rings. The van der Waals surface area contributed by atoms with Gasteiger partial charge in [-0.15, -0.1) is 0 Å². The molecule has 1 aromatic carbocycles. The predicted octanol–water partition coefficient (Wildman–Crippen LogP) is 2.85. The summed E-state index contributed by atoms with van der Waals surface area (Å²) in [5.74, 6) is 1.58. The van der Waals surface area contributed by atoms with E-state index in [1.807, 2.05) is 6.07 Å². The first-order chi connectivity index (χ1) is 8.19. The minimum absolute atomic E-state index is 0.357. The van der Waals surface area contributed by atoms with Crippen molar-refractivity contribution < 1.29 is 9.47 Å². The van der Waals surface area contributed by atoms with Crippen LogP contribution in [0.4, 0.5) is 0 Å². The Labute approximate surface area is 102 Å². The highest BCUT2D eigenvalue weighted by molar-refractivity contribution is 6.03.